The van der Waals surface area contributed by atoms with Crippen LogP contribution in [0, 0.1) is 10.8 Å². The van der Waals surface area contributed by atoms with Crippen molar-refractivity contribution in [1.82, 2.24) is 0 Å². The summed E-state index contributed by atoms with van der Waals surface area (Å²) in [6, 6.07) is 7.02. The minimum absolute atomic E-state index is 0.219. The van der Waals surface area contributed by atoms with Crippen molar-refractivity contribution in [3.63, 3.8) is 0 Å². The van der Waals surface area contributed by atoms with Gasteiger partial charge in [0.2, 0.25) is 0 Å². The third-order valence-electron chi connectivity index (χ3n) is 2.84. The Morgan fingerprint density at radius 1 is 1.05 bits per heavy atom. The molecule has 0 fully saturated rings. The average molecular weight is 264 g/mol. The molecule has 0 aliphatic carbocycles. The Morgan fingerprint density at radius 2 is 1.53 bits per heavy atom. The van der Waals surface area contributed by atoms with Gasteiger partial charge in [-0.05, 0) is 43.9 Å². The third-order valence-corrected chi connectivity index (χ3v) is 2.84. The predicted octanol–water partition coefficient (Wildman–Crippen LogP) is 3.72. The van der Waals surface area contributed by atoms with Crippen LogP contribution in [-0.4, -0.2) is 11.1 Å². The lowest BCUT2D eigenvalue weighted by atomic mass is 9.85. The van der Waals surface area contributed by atoms with Gasteiger partial charge in [-0.1, -0.05) is 32.9 Å². The van der Waals surface area contributed by atoms with E-state index in [2.05, 4.69) is 0 Å². The summed E-state index contributed by atoms with van der Waals surface area (Å²) < 4.78 is 5.28. The monoisotopic (exact) mass is 264 g/mol. The second-order valence-electron chi connectivity index (χ2n) is 6.98. The first-order chi connectivity index (χ1) is 8.51. The number of esters is 1. The molecule has 0 heterocycles. The average Bonchev–Trinajstić information content (AvgIpc) is 2.26. The van der Waals surface area contributed by atoms with Crippen LogP contribution < -0.4 is 4.74 Å². The second kappa shape index (κ2) is 5.33. The molecule has 19 heavy (non-hydrogen) atoms. The molecule has 1 aromatic carbocycles. The van der Waals surface area contributed by atoms with E-state index < -0.39 is 11.5 Å². The number of rotatable bonds is 2. The topological polar surface area (TPSA) is 46.5 Å². The summed E-state index contributed by atoms with van der Waals surface area (Å²) in [5.41, 5.74) is 0.0794. The van der Waals surface area contributed by atoms with Crippen molar-refractivity contribution < 1.29 is 14.6 Å². The molecule has 0 aromatic heterocycles. The molecule has 3 heteroatoms. The fourth-order valence-electron chi connectivity index (χ4n) is 1.48. The highest BCUT2D eigenvalue weighted by Crippen LogP contribution is 2.33. The molecule has 0 amide bonds. The maximum atomic E-state index is 11.7. The van der Waals surface area contributed by atoms with Gasteiger partial charge >= 0.3 is 5.97 Å². The minimum atomic E-state index is -0.542. The molecule has 1 unspecified atom stereocenters. The van der Waals surface area contributed by atoms with Crippen molar-refractivity contribution in [2.45, 2.75) is 47.6 Å². The Bertz CT molecular complexity index is 433. The van der Waals surface area contributed by atoms with E-state index in [4.69, 9.17) is 4.74 Å². The zero-order chi connectivity index (χ0) is 14.8. The standard InChI is InChI=1S/C16H24O3/c1-15(2,3)13(17)11-7-9-12(10-8-11)19-14(18)16(4,5)6/h7-10,13,17H,1-6H3. The second-order valence-corrected chi connectivity index (χ2v) is 6.98. The number of carbonyl (C=O) groups excluding carboxylic acids is 1. The molecule has 3 nitrogen and oxygen atoms in total. The van der Waals surface area contributed by atoms with E-state index in [1.54, 1.807) is 24.3 Å². The zero-order valence-electron chi connectivity index (χ0n) is 12.7. The lowest BCUT2D eigenvalue weighted by molar-refractivity contribution is -0.142. The van der Waals surface area contributed by atoms with Crippen LogP contribution in [0.25, 0.3) is 0 Å². The van der Waals surface area contributed by atoms with Crippen LogP contribution in [0.15, 0.2) is 24.3 Å². The summed E-state index contributed by atoms with van der Waals surface area (Å²) in [6.07, 6.45) is -0.542. The SMILES string of the molecule is CC(C)(C)C(=O)Oc1ccc(C(O)C(C)(C)C)cc1. The van der Waals surface area contributed by atoms with Gasteiger partial charge in [-0.2, -0.15) is 0 Å². The van der Waals surface area contributed by atoms with Crippen molar-refractivity contribution in [1.29, 1.82) is 0 Å². The van der Waals surface area contributed by atoms with Gasteiger partial charge in [0.05, 0.1) is 11.5 Å². The van der Waals surface area contributed by atoms with Crippen LogP contribution in [-0.2, 0) is 4.79 Å². The van der Waals surface area contributed by atoms with Gasteiger partial charge in [0.25, 0.3) is 0 Å². The van der Waals surface area contributed by atoms with Gasteiger partial charge in [-0.3, -0.25) is 4.79 Å². The zero-order valence-corrected chi connectivity index (χ0v) is 12.7. The van der Waals surface area contributed by atoms with Crippen LogP contribution in [0.5, 0.6) is 5.75 Å². The molecule has 1 N–H and O–H groups in total. The van der Waals surface area contributed by atoms with E-state index in [0.717, 1.165) is 5.56 Å². The minimum Gasteiger partial charge on any atom is -0.426 e. The molecular formula is C16H24O3. The summed E-state index contributed by atoms with van der Waals surface area (Å²) in [5.74, 6) is 0.237. The number of hydrogen-bond acceptors (Lipinski definition) is 3. The van der Waals surface area contributed by atoms with Gasteiger partial charge in [-0.25, -0.2) is 0 Å². The normalized spacial score (nSPS) is 14.1. The first kappa shape index (κ1) is 15.7. The van der Waals surface area contributed by atoms with Gasteiger partial charge in [0.1, 0.15) is 5.75 Å². The largest absolute Gasteiger partial charge is 0.426 e. The maximum Gasteiger partial charge on any atom is 0.316 e. The molecule has 106 valence electrons. The summed E-state index contributed by atoms with van der Waals surface area (Å²) in [7, 11) is 0. The van der Waals surface area contributed by atoms with Gasteiger partial charge in [0, 0.05) is 0 Å². The van der Waals surface area contributed by atoms with Gasteiger partial charge < -0.3 is 9.84 Å². The number of ether oxygens (including phenoxy) is 1. The Morgan fingerprint density at radius 3 is 1.89 bits per heavy atom. The van der Waals surface area contributed by atoms with Crippen molar-refractivity contribution in [3.8, 4) is 5.75 Å². The molecule has 0 radical (unpaired) electrons. The smallest absolute Gasteiger partial charge is 0.316 e. The summed E-state index contributed by atoms with van der Waals surface area (Å²) >= 11 is 0. The van der Waals surface area contributed by atoms with Crippen LogP contribution in [0.1, 0.15) is 53.2 Å². The lowest BCUT2D eigenvalue weighted by Gasteiger charge is -2.26. The fourth-order valence-corrected chi connectivity index (χ4v) is 1.48. The van der Waals surface area contributed by atoms with E-state index in [1.807, 2.05) is 41.5 Å². The lowest BCUT2D eigenvalue weighted by Crippen LogP contribution is -2.25. The van der Waals surface area contributed by atoms with Crippen molar-refractivity contribution >= 4 is 5.97 Å². The van der Waals surface area contributed by atoms with Gasteiger partial charge in [-0.15, -0.1) is 0 Å². The molecule has 1 rings (SSSR count). The number of aliphatic hydroxyl groups excluding tert-OH is 1. The van der Waals surface area contributed by atoms with E-state index in [0.29, 0.717) is 5.75 Å². The number of benzene rings is 1. The fraction of sp³-hybridized carbons (Fsp3) is 0.562. The maximum absolute atomic E-state index is 11.7. The van der Waals surface area contributed by atoms with Crippen molar-refractivity contribution in [3.05, 3.63) is 29.8 Å². The van der Waals surface area contributed by atoms with Gasteiger partial charge in [0.15, 0.2) is 0 Å². The highest BCUT2D eigenvalue weighted by atomic mass is 16.5. The predicted molar refractivity (Wildman–Crippen MR) is 75.9 cm³/mol. The van der Waals surface area contributed by atoms with E-state index in [9.17, 15) is 9.90 Å². The van der Waals surface area contributed by atoms with Crippen molar-refractivity contribution in [2.24, 2.45) is 10.8 Å². The highest BCUT2D eigenvalue weighted by molar-refractivity contribution is 5.77. The summed E-state index contributed by atoms with van der Waals surface area (Å²) in [5, 5.41) is 10.2. The Balaban J connectivity index is 2.81. The molecular weight excluding hydrogens is 240 g/mol. The summed E-state index contributed by atoms with van der Waals surface area (Å²) in [6.45, 7) is 11.4. The molecule has 0 aliphatic rings. The first-order valence-electron chi connectivity index (χ1n) is 6.52. The molecule has 0 spiro atoms. The quantitative estimate of drug-likeness (QED) is 0.654. The van der Waals surface area contributed by atoms with E-state index >= 15 is 0 Å². The first-order valence-corrected chi connectivity index (χ1v) is 6.52. The molecule has 0 saturated carbocycles. The van der Waals surface area contributed by atoms with Crippen molar-refractivity contribution in [2.75, 3.05) is 0 Å². The Labute approximate surface area is 115 Å². The molecule has 1 atom stereocenters. The number of aliphatic hydroxyl groups is 1. The molecule has 0 bridgehead atoms. The Kier molecular flexibility index (Phi) is 4.41. The molecule has 0 aliphatic heterocycles. The van der Waals surface area contributed by atoms with Crippen LogP contribution >= 0.6 is 0 Å². The van der Waals surface area contributed by atoms with Crippen LogP contribution in [0.4, 0.5) is 0 Å². The number of carbonyl (C=O) groups is 1. The van der Waals surface area contributed by atoms with E-state index in [1.165, 1.54) is 0 Å². The summed E-state index contributed by atoms with van der Waals surface area (Å²) in [4.78, 5) is 11.7. The third kappa shape index (κ3) is 4.35. The Hall–Kier alpha value is -1.35. The highest BCUT2D eigenvalue weighted by Gasteiger charge is 2.25. The van der Waals surface area contributed by atoms with E-state index in [-0.39, 0.29) is 11.4 Å². The molecule has 1 aromatic rings. The van der Waals surface area contributed by atoms with Crippen LogP contribution in [0.3, 0.4) is 0 Å². The molecule has 0 saturated heterocycles. The number of hydrogen-bond donors (Lipinski definition) is 1. The van der Waals surface area contributed by atoms with Crippen LogP contribution in [0.2, 0.25) is 0 Å².